The van der Waals surface area contributed by atoms with Crippen LogP contribution in [-0.4, -0.2) is 9.81 Å². The fraction of sp³-hybridized carbons (Fsp3) is 0.538. The lowest BCUT2D eigenvalue weighted by atomic mass is 10.1. The molecule has 94 valence electrons. The van der Waals surface area contributed by atoms with Gasteiger partial charge >= 0.3 is 0 Å². The minimum Gasteiger partial charge on any atom is -0.309 e. The van der Waals surface area contributed by atoms with Gasteiger partial charge in [-0.15, -0.1) is 0 Å². The summed E-state index contributed by atoms with van der Waals surface area (Å²) in [6.45, 7) is 8.03. The molecule has 3 nitrogen and oxygen atoms in total. The monoisotopic (exact) mass is 255 g/mol. The highest BCUT2D eigenvalue weighted by atomic mass is 35.5. The highest BCUT2D eigenvalue weighted by molar-refractivity contribution is 6.67. The normalized spacial score (nSPS) is 12.8. The zero-order chi connectivity index (χ0) is 13.2. The molecule has 0 aliphatic heterocycles. The zero-order valence-electron chi connectivity index (χ0n) is 10.7. The standard InChI is InChI=1S/C13H18ClNO2/c1-5-9(4)15-11(8(2)3)7-6-10(12(14)16)13(15)17/h6-9H,5H2,1-4H3. The molecule has 0 bridgehead atoms. The number of pyridine rings is 1. The first kappa shape index (κ1) is 14.0. The predicted octanol–water partition coefficient (Wildman–Crippen LogP) is 3.32. The van der Waals surface area contributed by atoms with Gasteiger partial charge in [-0.05, 0) is 43.0 Å². The van der Waals surface area contributed by atoms with E-state index in [9.17, 15) is 9.59 Å². The van der Waals surface area contributed by atoms with E-state index in [1.807, 2.05) is 33.8 Å². The molecule has 0 radical (unpaired) electrons. The smallest absolute Gasteiger partial charge is 0.263 e. The van der Waals surface area contributed by atoms with Crippen LogP contribution < -0.4 is 5.56 Å². The van der Waals surface area contributed by atoms with Gasteiger partial charge < -0.3 is 4.57 Å². The summed E-state index contributed by atoms with van der Waals surface area (Å²) in [7, 11) is 0. The van der Waals surface area contributed by atoms with Crippen molar-refractivity contribution in [2.75, 3.05) is 0 Å². The summed E-state index contributed by atoms with van der Waals surface area (Å²) in [6.07, 6.45) is 0.833. The molecular weight excluding hydrogens is 238 g/mol. The first-order valence-corrected chi connectivity index (χ1v) is 6.23. The van der Waals surface area contributed by atoms with Crippen molar-refractivity contribution < 1.29 is 4.79 Å². The van der Waals surface area contributed by atoms with E-state index in [0.29, 0.717) is 0 Å². The maximum absolute atomic E-state index is 12.2. The van der Waals surface area contributed by atoms with E-state index in [4.69, 9.17) is 11.6 Å². The van der Waals surface area contributed by atoms with Crippen LogP contribution in [0.3, 0.4) is 0 Å². The Morgan fingerprint density at radius 3 is 2.35 bits per heavy atom. The van der Waals surface area contributed by atoms with Gasteiger partial charge in [0.1, 0.15) is 0 Å². The van der Waals surface area contributed by atoms with Gasteiger partial charge in [0.05, 0.1) is 5.56 Å². The van der Waals surface area contributed by atoms with Crippen LogP contribution in [0, 0.1) is 0 Å². The van der Waals surface area contributed by atoms with Crippen LogP contribution in [-0.2, 0) is 0 Å². The second-order valence-corrected chi connectivity index (χ2v) is 4.88. The molecule has 0 aromatic carbocycles. The van der Waals surface area contributed by atoms with E-state index < -0.39 is 5.24 Å². The van der Waals surface area contributed by atoms with Crippen molar-refractivity contribution >= 4 is 16.8 Å². The number of hydrogen-bond donors (Lipinski definition) is 0. The fourth-order valence-corrected chi connectivity index (χ4v) is 1.97. The molecule has 1 atom stereocenters. The van der Waals surface area contributed by atoms with Crippen molar-refractivity contribution in [2.45, 2.75) is 46.1 Å². The third kappa shape index (κ3) is 2.78. The summed E-state index contributed by atoms with van der Waals surface area (Å²) in [5.41, 5.74) is 0.702. The molecule has 0 N–H and O–H groups in total. The van der Waals surface area contributed by atoms with Gasteiger partial charge in [0.2, 0.25) is 0 Å². The molecule has 0 amide bonds. The van der Waals surface area contributed by atoms with Gasteiger partial charge in [-0.2, -0.15) is 0 Å². The SMILES string of the molecule is CCC(C)n1c(C(C)C)ccc(C(=O)Cl)c1=O. The summed E-state index contributed by atoms with van der Waals surface area (Å²) >= 11 is 5.41. The van der Waals surface area contributed by atoms with E-state index >= 15 is 0 Å². The molecule has 0 aliphatic carbocycles. The minimum absolute atomic E-state index is 0.0522. The van der Waals surface area contributed by atoms with Crippen LogP contribution in [0.2, 0.25) is 0 Å². The molecular formula is C13H18ClNO2. The van der Waals surface area contributed by atoms with Gasteiger partial charge in [-0.3, -0.25) is 9.59 Å². The quantitative estimate of drug-likeness (QED) is 0.775. The zero-order valence-corrected chi connectivity index (χ0v) is 11.4. The summed E-state index contributed by atoms with van der Waals surface area (Å²) in [4.78, 5) is 23.4. The van der Waals surface area contributed by atoms with Crippen molar-refractivity contribution in [1.29, 1.82) is 0 Å². The molecule has 0 spiro atoms. The Kier molecular flexibility index (Phi) is 4.52. The van der Waals surface area contributed by atoms with E-state index in [2.05, 4.69) is 0 Å². The van der Waals surface area contributed by atoms with Crippen LogP contribution >= 0.6 is 11.6 Å². The molecule has 1 unspecified atom stereocenters. The van der Waals surface area contributed by atoms with Crippen LogP contribution in [0.25, 0.3) is 0 Å². The summed E-state index contributed by atoms with van der Waals surface area (Å²) in [5.74, 6) is 0.233. The summed E-state index contributed by atoms with van der Waals surface area (Å²) in [5, 5.41) is -0.692. The number of aromatic nitrogens is 1. The van der Waals surface area contributed by atoms with Crippen molar-refractivity contribution in [3.63, 3.8) is 0 Å². The second kappa shape index (κ2) is 5.50. The number of rotatable bonds is 4. The van der Waals surface area contributed by atoms with E-state index in [1.54, 1.807) is 4.57 Å². The molecule has 0 aliphatic rings. The maximum atomic E-state index is 12.2. The molecule has 1 aromatic heterocycles. The maximum Gasteiger partial charge on any atom is 0.263 e. The Balaban J connectivity index is 3.53. The molecule has 0 saturated heterocycles. The van der Waals surface area contributed by atoms with E-state index in [-0.39, 0.29) is 23.1 Å². The van der Waals surface area contributed by atoms with Gasteiger partial charge in [0.15, 0.2) is 0 Å². The first-order chi connectivity index (χ1) is 7.90. The Labute approximate surface area is 106 Å². The first-order valence-electron chi connectivity index (χ1n) is 5.85. The molecule has 0 saturated carbocycles. The highest BCUT2D eigenvalue weighted by Crippen LogP contribution is 2.19. The lowest BCUT2D eigenvalue weighted by Gasteiger charge is -2.21. The summed E-state index contributed by atoms with van der Waals surface area (Å²) in [6, 6.07) is 3.40. The average molecular weight is 256 g/mol. The number of hydrogen-bond acceptors (Lipinski definition) is 2. The Hall–Kier alpha value is -1.09. The highest BCUT2D eigenvalue weighted by Gasteiger charge is 2.17. The number of carbonyl (C=O) groups is 1. The molecule has 4 heteroatoms. The Bertz CT molecular complexity index is 477. The Morgan fingerprint density at radius 1 is 1.35 bits per heavy atom. The van der Waals surface area contributed by atoms with E-state index in [1.165, 1.54) is 6.07 Å². The number of halogens is 1. The minimum atomic E-state index is -0.692. The largest absolute Gasteiger partial charge is 0.309 e. The topological polar surface area (TPSA) is 39.1 Å². The fourth-order valence-electron chi connectivity index (χ4n) is 1.82. The van der Waals surface area contributed by atoms with Crippen LogP contribution in [0.15, 0.2) is 16.9 Å². The molecule has 1 aromatic rings. The average Bonchev–Trinajstić information content (AvgIpc) is 2.26. The summed E-state index contributed by atoms with van der Waals surface area (Å²) < 4.78 is 1.68. The van der Waals surface area contributed by atoms with E-state index in [0.717, 1.165) is 12.1 Å². The van der Waals surface area contributed by atoms with Gasteiger partial charge in [-0.25, -0.2) is 0 Å². The third-order valence-corrected chi connectivity index (χ3v) is 3.19. The number of carbonyl (C=O) groups excluding carboxylic acids is 1. The molecule has 1 heterocycles. The van der Waals surface area contributed by atoms with Crippen LogP contribution in [0.5, 0.6) is 0 Å². The lowest BCUT2D eigenvalue weighted by Crippen LogP contribution is -2.30. The van der Waals surface area contributed by atoms with Crippen molar-refractivity contribution in [1.82, 2.24) is 4.57 Å². The molecule has 17 heavy (non-hydrogen) atoms. The van der Waals surface area contributed by atoms with Crippen LogP contribution in [0.1, 0.15) is 62.1 Å². The third-order valence-electron chi connectivity index (χ3n) is 2.98. The number of nitrogens with zero attached hydrogens (tertiary/aromatic N) is 1. The van der Waals surface area contributed by atoms with Gasteiger partial charge in [0.25, 0.3) is 10.8 Å². The van der Waals surface area contributed by atoms with Crippen molar-refractivity contribution in [2.24, 2.45) is 0 Å². The van der Waals surface area contributed by atoms with Crippen molar-refractivity contribution in [3.8, 4) is 0 Å². The predicted molar refractivity (Wildman–Crippen MR) is 70.0 cm³/mol. The van der Waals surface area contributed by atoms with Gasteiger partial charge in [0, 0.05) is 11.7 Å². The van der Waals surface area contributed by atoms with Crippen molar-refractivity contribution in [3.05, 3.63) is 33.7 Å². The van der Waals surface area contributed by atoms with Gasteiger partial charge in [-0.1, -0.05) is 20.8 Å². The second-order valence-electron chi connectivity index (χ2n) is 4.53. The Morgan fingerprint density at radius 2 is 1.94 bits per heavy atom. The van der Waals surface area contributed by atoms with Crippen LogP contribution in [0.4, 0.5) is 0 Å². The lowest BCUT2D eigenvalue weighted by molar-refractivity contribution is 0.107. The molecule has 1 rings (SSSR count). The molecule has 0 fully saturated rings.